The fraction of sp³-hybridized carbons (Fsp3) is 0.444. The molecule has 1 saturated heterocycles. The average molecular weight is 374 g/mol. The average Bonchev–Trinajstić information content (AvgIpc) is 2.85. The zero-order valence-corrected chi connectivity index (χ0v) is 14.8. The monoisotopic (exact) mass is 374 g/mol. The summed E-state index contributed by atoms with van der Waals surface area (Å²) in [6.45, 7) is 0.433. The van der Waals surface area contributed by atoms with Crippen LogP contribution in [0.2, 0.25) is 0 Å². The van der Waals surface area contributed by atoms with E-state index in [9.17, 15) is 19.2 Å². The van der Waals surface area contributed by atoms with Crippen molar-refractivity contribution in [3.63, 3.8) is 0 Å². The number of nitrogens with one attached hydrogen (secondary N) is 3. The SMILES string of the molecule is O=C(C[C@H]1Oc2ccccc2NC1=O)NNC(=O)CN1CCCCCC1=O. The molecule has 1 fully saturated rings. The van der Waals surface area contributed by atoms with Gasteiger partial charge in [-0.1, -0.05) is 18.6 Å². The molecule has 0 saturated carbocycles. The lowest BCUT2D eigenvalue weighted by Gasteiger charge is -2.25. The number of hydrogen-bond donors (Lipinski definition) is 3. The highest BCUT2D eigenvalue weighted by molar-refractivity contribution is 6.00. The van der Waals surface area contributed by atoms with Crippen molar-refractivity contribution in [2.45, 2.75) is 38.2 Å². The first kappa shape index (κ1) is 18.7. The van der Waals surface area contributed by atoms with E-state index in [0.29, 0.717) is 24.4 Å². The minimum Gasteiger partial charge on any atom is -0.478 e. The molecular weight excluding hydrogens is 352 g/mol. The molecule has 0 aromatic heterocycles. The van der Waals surface area contributed by atoms with Gasteiger partial charge in [0.2, 0.25) is 11.8 Å². The maximum Gasteiger partial charge on any atom is 0.266 e. The Morgan fingerprint density at radius 3 is 2.74 bits per heavy atom. The Balaban J connectivity index is 1.45. The first-order valence-corrected chi connectivity index (χ1v) is 8.95. The van der Waals surface area contributed by atoms with Crippen LogP contribution in [0.3, 0.4) is 0 Å². The van der Waals surface area contributed by atoms with E-state index < -0.39 is 23.8 Å². The minimum absolute atomic E-state index is 0.0556. The van der Waals surface area contributed by atoms with Gasteiger partial charge in [-0.25, -0.2) is 0 Å². The van der Waals surface area contributed by atoms with E-state index in [2.05, 4.69) is 16.2 Å². The van der Waals surface area contributed by atoms with Crippen molar-refractivity contribution in [2.75, 3.05) is 18.4 Å². The van der Waals surface area contributed by atoms with Gasteiger partial charge in [0.25, 0.3) is 11.8 Å². The third kappa shape index (κ3) is 4.96. The molecule has 0 bridgehead atoms. The van der Waals surface area contributed by atoms with Crippen LogP contribution in [0, 0.1) is 0 Å². The molecule has 1 aromatic rings. The van der Waals surface area contributed by atoms with Gasteiger partial charge < -0.3 is 15.0 Å². The van der Waals surface area contributed by atoms with Crippen molar-refractivity contribution in [1.29, 1.82) is 0 Å². The standard InChI is InChI=1S/C18H22N4O5/c23-15(10-14-18(26)19-12-6-3-4-7-13(12)27-14)20-21-16(24)11-22-9-5-1-2-8-17(22)25/h3-4,6-7,14H,1-2,5,8-11H2,(H,19,26)(H,20,23)(H,21,24)/t14-/m1/s1. The highest BCUT2D eigenvalue weighted by Crippen LogP contribution is 2.29. The summed E-state index contributed by atoms with van der Waals surface area (Å²) >= 11 is 0. The number of ether oxygens (including phenoxy) is 1. The second-order valence-electron chi connectivity index (χ2n) is 6.52. The lowest BCUT2D eigenvalue weighted by Crippen LogP contribution is -2.49. The van der Waals surface area contributed by atoms with Crippen LogP contribution >= 0.6 is 0 Å². The largest absolute Gasteiger partial charge is 0.478 e. The number of likely N-dealkylation sites (tertiary alicyclic amines) is 1. The van der Waals surface area contributed by atoms with Crippen molar-refractivity contribution in [1.82, 2.24) is 15.8 Å². The van der Waals surface area contributed by atoms with Gasteiger partial charge in [-0.15, -0.1) is 0 Å². The number of anilines is 1. The van der Waals surface area contributed by atoms with E-state index in [0.717, 1.165) is 19.3 Å². The fourth-order valence-corrected chi connectivity index (χ4v) is 3.00. The Kier molecular flexibility index (Phi) is 5.90. The number of para-hydroxylation sites is 2. The van der Waals surface area contributed by atoms with E-state index in [1.807, 2.05) is 0 Å². The number of fused-ring (bicyclic) bond motifs is 1. The summed E-state index contributed by atoms with van der Waals surface area (Å²) in [4.78, 5) is 49.4. The van der Waals surface area contributed by atoms with Crippen LogP contribution in [0.1, 0.15) is 32.1 Å². The van der Waals surface area contributed by atoms with Crippen LogP contribution in [0.5, 0.6) is 5.75 Å². The molecule has 144 valence electrons. The van der Waals surface area contributed by atoms with Crippen LogP contribution < -0.4 is 20.9 Å². The van der Waals surface area contributed by atoms with E-state index in [-0.39, 0.29) is 18.9 Å². The van der Waals surface area contributed by atoms with Gasteiger partial charge in [-0.2, -0.15) is 0 Å². The number of benzene rings is 1. The van der Waals surface area contributed by atoms with E-state index in [1.165, 1.54) is 4.90 Å². The number of amides is 4. The highest BCUT2D eigenvalue weighted by atomic mass is 16.5. The Morgan fingerprint density at radius 1 is 1.11 bits per heavy atom. The maximum absolute atomic E-state index is 12.0. The lowest BCUT2D eigenvalue weighted by molar-refractivity contribution is -0.137. The number of nitrogens with zero attached hydrogens (tertiary/aromatic N) is 1. The molecule has 9 heteroatoms. The van der Waals surface area contributed by atoms with Crippen molar-refractivity contribution in [2.24, 2.45) is 0 Å². The lowest BCUT2D eigenvalue weighted by atomic mass is 10.1. The number of carbonyl (C=O) groups is 4. The van der Waals surface area contributed by atoms with Gasteiger partial charge in [-0.3, -0.25) is 30.0 Å². The predicted molar refractivity (Wildman–Crippen MR) is 95.4 cm³/mol. The molecule has 0 aliphatic carbocycles. The van der Waals surface area contributed by atoms with Gasteiger partial charge in [0, 0.05) is 13.0 Å². The maximum atomic E-state index is 12.0. The van der Waals surface area contributed by atoms with E-state index in [4.69, 9.17) is 4.74 Å². The number of carbonyl (C=O) groups excluding carboxylic acids is 4. The van der Waals surface area contributed by atoms with Crippen LogP contribution in [0.4, 0.5) is 5.69 Å². The highest BCUT2D eigenvalue weighted by Gasteiger charge is 2.29. The van der Waals surface area contributed by atoms with Crippen LogP contribution in [-0.4, -0.2) is 47.7 Å². The Labute approximate surface area is 156 Å². The van der Waals surface area contributed by atoms with Crippen molar-refractivity contribution in [3.8, 4) is 5.75 Å². The molecule has 1 atom stereocenters. The van der Waals surface area contributed by atoms with E-state index in [1.54, 1.807) is 24.3 Å². The summed E-state index contributed by atoms with van der Waals surface area (Å²) in [7, 11) is 0. The summed E-state index contributed by atoms with van der Waals surface area (Å²) in [5.41, 5.74) is 5.08. The molecule has 2 heterocycles. The molecule has 0 unspecified atom stereocenters. The van der Waals surface area contributed by atoms with Crippen LogP contribution in [0.25, 0.3) is 0 Å². The summed E-state index contributed by atoms with van der Waals surface area (Å²) in [5.74, 6) is -1.05. The number of hydrazine groups is 1. The molecule has 0 spiro atoms. The topological polar surface area (TPSA) is 117 Å². The van der Waals surface area contributed by atoms with Crippen molar-refractivity contribution >= 4 is 29.3 Å². The van der Waals surface area contributed by atoms with Gasteiger partial charge in [-0.05, 0) is 25.0 Å². The van der Waals surface area contributed by atoms with Gasteiger partial charge in [0.1, 0.15) is 12.3 Å². The van der Waals surface area contributed by atoms with Crippen LogP contribution in [0.15, 0.2) is 24.3 Å². The first-order chi connectivity index (χ1) is 13.0. The zero-order valence-electron chi connectivity index (χ0n) is 14.8. The molecule has 9 nitrogen and oxygen atoms in total. The van der Waals surface area contributed by atoms with Crippen LogP contribution in [-0.2, 0) is 19.2 Å². The summed E-state index contributed by atoms with van der Waals surface area (Å²) in [5, 5.41) is 2.67. The molecule has 2 aliphatic rings. The Bertz CT molecular complexity index is 751. The third-order valence-electron chi connectivity index (χ3n) is 4.42. The molecule has 3 rings (SSSR count). The molecule has 2 aliphatic heterocycles. The third-order valence-corrected chi connectivity index (χ3v) is 4.42. The summed E-state index contributed by atoms with van der Waals surface area (Å²) in [6.07, 6.45) is 1.87. The van der Waals surface area contributed by atoms with Crippen molar-refractivity contribution < 1.29 is 23.9 Å². The minimum atomic E-state index is -0.982. The molecule has 27 heavy (non-hydrogen) atoms. The van der Waals surface area contributed by atoms with Gasteiger partial charge >= 0.3 is 0 Å². The van der Waals surface area contributed by atoms with Gasteiger partial charge in [0.05, 0.1) is 12.1 Å². The van der Waals surface area contributed by atoms with E-state index >= 15 is 0 Å². The normalized spacial score (nSPS) is 19.3. The quantitative estimate of drug-likeness (QED) is 0.657. The summed E-state index contributed by atoms with van der Waals surface area (Å²) in [6, 6.07) is 6.92. The predicted octanol–water partition coefficient (Wildman–Crippen LogP) is 0.326. The Morgan fingerprint density at radius 2 is 1.89 bits per heavy atom. The molecule has 1 aromatic carbocycles. The molecule has 3 N–H and O–H groups in total. The Hall–Kier alpha value is -3.10. The molecule has 0 radical (unpaired) electrons. The second kappa shape index (κ2) is 8.52. The summed E-state index contributed by atoms with van der Waals surface area (Å²) < 4.78 is 5.53. The molecule has 4 amide bonds. The first-order valence-electron chi connectivity index (χ1n) is 8.95. The molecular formula is C18H22N4O5. The number of hydrogen-bond acceptors (Lipinski definition) is 5. The zero-order chi connectivity index (χ0) is 19.2. The van der Waals surface area contributed by atoms with Gasteiger partial charge in [0.15, 0.2) is 6.10 Å². The smallest absolute Gasteiger partial charge is 0.266 e. The number of rotatable bonds is 4. The second-order valence-corrected chi connectivity index (χ2v) is 6.52. The fourth-order valence-electron chi connectivity index (χ4n) is 3.00. The van der Waals surface area contributed by atoms with Crippen molar-refractivity contribution in [3.05, 3.63) is 24.3 Å².